The average Bonchev–Trinajstić information content (AvgIpc) is 2.12. The number of carboxylic acid groups (broad SMARTS) is 1. The summed E-state index contributed by atoms with van der Waals surface area (Å²) in [4.78, 5) is 23.5. The third-order valence-electron chi connectivity index (χ3n) is 2.46. The molecule has 1 fully saturated rings. The number of hydrogen-bond donors (Lipinski definition) is 1. The molecule has 0 aromatic carbocycles. The number of carbonyl (C=O) groups is 2. The number of aliphatic carboxylic acids is 1. The number of rotatable bonds is 4. The maximum absolute atomic E-state index is 11.8. The summed E-state index contributed by atoms with van der Waals surface area (Å²) in [6.07, 6.45) is -0.306. The highest BCUT2D eigenvalue weighted by Crippen LogP contribution is 2.11. The van der Waals surface area contributed by atoms with Crippen LogP contribution in [0.4, 0.5) is 0 Å². The lowest BCUT2D eigenvalue weighted by molar-refractivity contribution is -0.140. The van der Waals surface area contributed by atoms with Gasteiger partial charge < -0.3 is 14.7 Å². The van der Waals surface area contributed by atoms with Crippen molar-refractivity contribution in [1.82, 2.24) is 4.90 Å². The van der Waals surface area contributed by atoms with Crippen molar-refractivity contribution in [3.63, 3.8) is 0 Å². The molecule has 0 bridgehead atoms. The Morgan fingerprint density at radius 1 is 1.22 bits per heavy atom. The predicted octanol–water partition coefficient (Wildman–Crippen LogP) is -0.878. The van der Waals surface area contributed by atoms with Crippen molar-refractivity contribution in [2.75, 3.05) is 24.6 Å². The third kappa shape index (κ3) is 4.61. The molecule has 1 rings (SSSR count). The molecule has 2 atom stereocenters. The molecule has 1 N–H and O–H groups in total. The van der Waals surface area contributed by atoms with Crippen LogP contribution in [0.2, 0.25) is 0 Å². The van der Waals surface area contributed by atoms with Crippen LogP contribution in [0.25, 0.3) is 0 Å². The van der Waals surface area contributed by atoms with Gasteiger partial charge in [0.1, 0.15) is 11.5 Å². The maximum atomic E-state index is 11.8. The summed E-state index contributed by atoms with van der Waals surface area (Å²) in [5.41, 5.74) is 0. The summed E-state index contributed by atoms with van der Waals surface area (Å²) in [7, 11) is -3.90. The molecule has 1 aliphatic rings. The molecule has 1 amide bonds. The van der Waals surface area contributed by atoms with Crippen LogP contribution in [0, 0.1) is 0 Å². The van der Waals surface area contributed by atoms with Crippen LogP contribution >= 0.6 is 0 Å². The number of nitrogens with zero attached hydrogens (tertiary/aromatic N) is 1. The number of ether oxygens (including phenoxy) is 1. The fourth-order valence-corrected chi connectivity index (χ4v) is 2.94. The highest BCUT2D eigenvalue weighted by Gasteiger charge is 2.29. The Kier molecular flexibility index (Phi) is 4.69. The molecule has 8 heteroatoms. The first-order valence-corrected chi connectivity index (χ1v) is 7.37. The van der Waals surface area contributed by atoms with Gasteiger partial charge in [-0.05, 0) is 13.8 Å². The molecule has 7 nitrogen and oxygen atoms in total. The normalized spacial score (nSPS) is 24.9. The Bertz CT molecular complexity index is 422. The molecule has 1 heterocycles. The smallest absolute Gasteiger partial charge is 0.318 e. The zero-order valence-electron chi connectivity index (χ0n) is 10.3. The Morgan fingerprint density at radius 2 is 1.72 bits per heavy atom. The molecule has 104 valence electrons. The molecular formula is C10H17NO6S. The van der Waals surface area contributed by atoms with Gasteiger partial charge in [-0.1, -0.05) is 0 Å². The number of hydrogen-bond acceptors (Lipinski definition) is 5. The minimum atomic E-state index is -3.90. The number of amides is 1. The zero-order valence-corrected chi connectivity index (χ0v) is 11.1. The molecule has 0 unspecified atom stereocenters. The van der Waals surface area contributed by atoms with Crippen LogP contribution in [0.3, 0.4) is 0 Å². The lowest BCUT2D eigenvalue weighted by Gasteiger charge is -2.35. The highest BCUT2D eigenvalue weighted by molar-refractivity contribution is 7.92. The van der Waals surface area contributed by atoms with Gasteiger partial charge in [0.15, 0.2) is 9.84 Å². The first kappa shape index (κ1) is 14.9. The summed E-state index contributed by atoms with van der Waals surface area (Å²) in [6.45, 7) is 4.24. The Hall–Kier alpha value is -1.15. The van der Waals surface area contributed by atoms with Gasteiger partial charge >= 0.3 is 5.97 Å². The average molecular weight is 279 g/mol. The first-order chi connectivity index (χ1) is 8.19. The van der Waals surface area contributed by atoms with Gasteiger partial charge in [0.2, 0.25) is 5.91 Å². The van der Waals surface area contributed by atoms with Gasteiger partial charge in [0.05, 0.1) is 12.2 Å². The molecule has 0 spiro atoms. The van der Waals surface area contributed by atoms with Gasteiger partial charge in [-0.25, -0.2) is 8.42 Å². The van der Waals surface area contributed by atoms with Crippen molar-refractivity contribution in [2.24, 2.45) is 0 Å². The summed E-state index contributed by atoms with van der Waals surface area (Å²) >= 11 is 0. The van der Waals surface area contributed by atoms with E-state index in [0.29, 0.717) is 13.1 Å². The van der Waals surface area contributed by atoms with Gasteiger partial charge in [-0.15, -0.1) is 0 Å². The Morgan fingerprint density at radius 3 is 2.17 bits per heavy atom. The SMILES string of the molecule is C[C@H]1CN(C(=O)CS(=O)(=O)CC(=O)O)C[C@H](C)O1. The molecule has 0 aromatic rings. The fourth-order valence-electron chi connectivity index (χ4n) is 1.90. The van der Waals surface area contributed by atoms with Crippen LogP contribution in [-0.4, -0.2) is 67.1 Å². The van der Waals surface area contributed by atoms with Crippen LogP contribution in [-0.2, 0) is 24.2 Å². The molecule has 0 saturated carbocycles. The van der Waals surface area contributed by atoms with E-state index in [4.69, 9.17) is 9.84 Å². The molecule has 0 aliphatic carbocycles. The van der Waals surface area contributed by atoms with Crippen molar-refractivity contribution >= 4 is 21.7 Å². The van der Waals surface area contributed by atoms with Crippen molar-refractivity contribution in [2.45, 2.75) is 26.1 Å². The van der Waals surface area contributed by atoms with Gasteiger partial charge in [-0.3, -0.25) is 9.59 Å². The van der Waals surface area contributed by atoms with Crippen LogP contribution in [0.15, 0.2) is 0 Å². The van der Waals surface area contributed by atoms with E-state index in [2.05, 4.69) is 0 Å². The molecule has 1 aliphatic heterocycles. The Balaban J connectivity index is 2.62. The third-order valence-corrected chi connectivity index (χ3v) is 3.83. The predicted molar refractivity (Wildman–Crippen MR) is 62.9 cm³/mol. The second kappa shape index (κ2) is 5.66. The van der Waals surface area contributed by atoms with Crippen LogP contribution in [0.5, 0.6) is 0 Å². The monoisotopic (exact) mass is 279 g/mol. The van der Waals surface area contributed by atoms with E-state index in [-0.39, 0.29) is 12.2 Å². The standard InChI is InChI=1S/C10H17NO6S/c1-7-3-11(4-8(2)17-7)9(12)5-18(15,16)6-10(13)14/h7-8H,3-6H2,1-2H3,(H,13,14)/t7-,8-/m0/s1. The molecule has 0 radical (unpaired) electrons. The quantitative estimate of drug-likeness (QED) is 0.717. The first-order valence-electron chi connectivity index (χ1n) is 5.55. The maximum Gasteiger partial charge on any atom is 0.318 e. The van der Waals surface area contributed by atoms with Crippen molar-refractivity contribution in [3.8, 4) is 0 Å². The van der Waals surface area contributed by atoms with Gasteiger partial charge in [0, 0.05) is 13.1 Å². The number of carbonyl (C=O) groups excluding carboxylic acids is 1. The molecule has 0 aromatic heterocycles. The van der Waals surface area contributed by atoms with E-state index in [1.807, 2.05) is 0 Å². The lowest BCUT2D eigenvalue weighted by atomic mass is 10.2. The highest BCUT2D eigenvalue weighted by atomic mass is 32.2. The van der Waals surface area contributed by atoms with E-state index in [1.54, 1.807) is 13.8 Å². The summed E-state index contributed by atoms with van der Waals surface area (Å²) < 4.78 is 28.2. The number of morpholine rings is 1. The van der Waals surface area contributed by atoms with Crippen LogP contribution in [0.1, 0.15) is 13.8 Å². The zero-order chi connectivity index (χ0) is 13.9. The van der Waals surface area contributed by atoms with E-state index < -0.39 is 33.2 Å². The molecular weight excluding hydrogens is 262 g/mol. The molecule has 1 saturated heterocycles. The van der Waals surface area contributed by atoms with Crippen molar-refractivity contribution in [3.05, 3.63) is 0 Å². The summed E-state index contributed by atoms with van der Waals surface area (Å²) in [5.74, 6) is -3.81. The van der Waals surface area contributed by atoms with Crippen molar-refractivity contribution in [1.29, 1.82) is 0 Å². The van der Waals surface area contributed by atoms with E-state index in [9.17, 15) is 18.0 Å². The second-order valence-corrected chi connectivity index (χ2v) is 6.55. The minimum absolute atomic E-state index is 0.153. The minimum Gasteiger partial charge on any atom is -0.480 e. The second-order valence-electron chi connectivity index (χ2n) is 4.48. The van der Waals surface area contributed by atoms with Crippen LogP contribution < -0.4 is 0 Å². The van der Waals surface area contributed by atoms with E-state index in [1.165, 1.54) is 4.90 Å². The molecule has 18 heavy (non-hydrogen) atoms. The fraction of sp³-hybridized carbons (Fsp3) is 0.800. The van der Waals surface area contributed by atoms with E-state index >= 15 is 0 Å². The Labute approximate surface area is 106 Å². The number of carboxylic acids is 1. The van der Waals surface area contributed by atoms with E-state index in [0.717, 1.165) is 0 Å². The topological polar surface area (TPSA) is 101 Å². The largest absolute Gasteiger partial charge is 0.480 e. The lowest BCUT2D eigenvalue weighted by Crippen LogP contribution is -2.50. The van der Waals surface area contributed by atoms with Gasteiger partial charge in [0.25, 0.3) is 0 Å². The number of sulfone groups is 1. The summed E-state index contributed by atoms with van der Waals surface area (Å²) in [6, 6.07) is 0. The van der Waals surface area contributed by atoms with Crippen molar-refractivity contribution < 1.29 is 27.9 Å². The summed E-state index contributed by atoms with van der Waals surface area (Å²) in [5, 5.41) is 8.43. The van der Waals surface area contributed by atoms with Gasteiger partial charge in [-0.2, -0.15) is 0 Å².